The first-order valence-electron chi connectivity index (χ1n) is 7.73. The second kappa shape index (κ2) is 6.74. The van der Waals surface area contributed by atoms with Crippen LogP contribution in [0.4, 0.5) is 23.2 Å². The second-order valence-corrected chi connectivity index (χ2v) is 5.70. The number of hydrogen-bond donors (Lipinski definition) is 0. The second-order valence-electron chi connectivity index (χ2n) is 5.70. The van der Waals surface area contributed by atoms with Crippen molar-refractivity contribution >= 4 is 11.6 Å². The Bertz CT molecular complexity index is 772. The first-order chi connectivity index (χ1) is 11.8. The van der Waals surface area contributed by atoms with Gasteiger partial charge in [0, 0.05) is 12.5 Å². The Morgan fingerprint density at radius 2 is 1.84 bits per heavy atom. The summed E-state index contributed by atoms with van der Waals surface area (Å²) in [5, 5.41) is 0. The Morgan fingerprint density at radius 3 is 2.52 bits per heavy atom. The Kier molecular flexibility index (Phi) is 4.65. The van der Waals surface area contributed by atoms with Gasteiger partial charge < -0.3 is 9.64 Å². The summed E-state index contributed by atoms with van der Waals surface area (Å²) in [7, 11) is 0. The predicted octanol–water partition coefficient (Wildman–Crippen LogP) is 4.20. The van der Waals surface area contributed by atoms with Gasteiger partial charge in [-0.15, -0.1) is 0 Å². The molecular formula is C18H15F4NO2. The lowest BCUT2D eigenvalue weighted by molar-refractivity contribution is -0.137. The van der Waals surface area contributed by atoms with Crippen LogP contribution in [0.5, 0.6) is 5.75 Å². The Morgan fingerprint density at radius 1 is 1.12 bits per heavy atom. The summed E-state index contributed by atoms with van der Waals surface area (Å²) in [6.07, 6.45) is -3.91. The molecule has 1 heterocycles. The molecule has 0 bridgehead atoms. The van der Waals surface area contributed by atoms with Gasteiger partial charge in [-0.2, -0.15) is 13.2 Å². The van der Waals surface area contributed by atoms with Gasteiger partial charge in [-0.05, 0) is 36.2 Å². The SMILES string of the molecule is O=C(CCc1ccc(C(F)(F)F)cc1)N1CCOc2cc(F)ccc21. The highest BCUT2D eigenvalue weighted by atomic mass is 19.4. The fraction of sp³-hybridized carbons (Fsp3) is 0.278. The normalized spacial score (nSPS) is 14.0. The lowest BCUT2D eigenvalue weighted by Crippen LogP contribution is -2.38. The molecule has 1 aliphatic rings. The predicted molar refractivity (Wildman–Crippen MR) is 84.0 cm³/mol. The van der Waals surface area contributed by atoms with E-state index in [0.29, 0.717) is 30.0 Å². The molecule has 0 radical (unpaired) electrons. The first kappa shape index (κ1) is 17.3. The highest BCUT2D eigenvalue weighted by Crippen LogP contribution is 2.33. The van der Waals surface area contributed by atoms with E-state index in [2.05, 4.69) is 0 Å². The minimum Gasteiger partial charge on any atom is -0.489 e. The zero-order chi connectivity index (χ0) is 18.0. The standard InChI is InChI=1S/C18H15F4NO2/c19-14-6-7-15-16(11-14)25-10-9-23(15)17(24)8-3-12-1-4-13(5-2-12)18(20,21)22/h1-2,4-7,11H,3,8-10H2. The van der Waals surface area contributed by atoms with Crippen LogP contribution in [0, 0.1) is 5.82 Å². The van der Waals surface area contributed by atoms with Gasteiger partial charge in [0.15, 0.2) is 0 Å². The summed E-state index contributed by atoms with van der Waals surface area (Å²) >= 11 is 0. The molecular weight excluding hydrogens is 338 g/mol. The topological polar surface area (TPSA) is 29.5 Å². The van der Waals surface area contributed by atoms with Gasteiger partial charge in [-0.3, -0.25) is 4.79 Å². The van der Waals surface area contributed by atoms with Crippen LogP contribution in [-0.2, 0) is 17.4 Å². The molecule has 0 aromatic heterocycles. The Labute approximate surface area is 141 Å². The van der Waals surface area contributed by atoms with Crippen LogP contribution in [0.1, 0.15) is 17.5 Å². The zero-order valence-electron chi connectivity index (χ0n) is 13.1. The smallest absolute Gasteiger partial charge is 0.416 e. The van der Waals surface area contributed by atoms with Crippen molar-refractivity contribution in [2.24, 2.45) is 0 Å². The number of carbonyl (C=O) groups excluding carboxylic acids is 1. The van der Waals surface area contributed by atoms with Crippen molar-refractivity contribution in [3.05, 3.63) is 59.4 Å². The number of ether oxygens (including phenoxy) is 1. The van der Waals surface area contributed by atoms with E-state index in [9.17, 15) is 22.4 Å². The van der Waals surface area contributed by atoms with E-state index in [-0.39, 0.29) is 18.9 Å². The Balaban J connectivity index is 1.66. The van der Waals surface area contributed by atoms with Gasteiger partial charge in [0.25, 0.3) is 0 Å². The van der Waals surface area contributed by atoms with Crippen molar-refractivity contribution in [1.29, 1.82) is 0 Å². The van der Waals surface area contributed by atoms with Gasteiger partial charge in [-0.25, -0.2) is 4.39 Å². The lowest BCUT2D eigenvalue weighted by Gasteiger charge is -2.29. The molecule has 1 amide bonds. The van der Waals surface area contributed by atoms with E-state index in [1.54, 1.807) is 0 Å². The number of anilines is 1. The molecule has 1 aliphatic heterocycles. The van der Waals surface area contributed by atoms with Crippen molar-refractivity contribution in [1.82, 2.24) is 0 Å². The molecule has 0 saturated carbocycles. The minimum atomic E-state index is -4.37. The van der Waals surface area contributed by atoms with E-state index in [1.165, 1.54) is 35.2 Å². The molecule has 0 aliphatic carbocycles. The molecule has 2 aromatic rings. The van der Waals surface area contributed by atoms with Crippen molar-refractivity contribution in [3.8, 4) is 5.75 Å². The highest BCUT2D eigenvalue weighted by molar-refractivity contribution is 5.95. The monoisotopic (exact) mass is 353 g/mol. The number of amides is 1. The van der Waals surface area contributed by atoms with Gasteiger partial charge in [0.05, 0.1) is 17.8 Å². The molecule has 0 N–H and O–H groups in total. The summed E-state index contributed by atoms with van der Waals surface area (Å²) < 4.78 is 56.2. The van der Waals surface area contributed by atoms with Crippen molar-refractivity contribution in [3.63, 3.8) is 0 Å². The van der Waals surface area contributed by atoms with Gasteiger partial charge in [0.1, 0.15) is 18.2 Å². The molecule has 0 atom stereocenters. The van der Waals surface area contributed by atoms with Crippen LogP contribution in [0.25, 0.3) is 0 Å². The number of aryl methyl sites for hydroxylation is 1. The van der Waals surface area contributed by atoms with Crippen LogP contribution < -0.4 is 9.64 Å². The molecule has 25 heavy (non-hydrogen) atoms. The average Bonchev–Trinajstić information content (AvgIpc) is 2.58. The fourth-order valence-corrected chi connectivity index (χ4v) is 2.70. The summed E-state index contributed by atoms with van der Waals surface area (Å²) in [6, 6.07) is 8.73. The maximum absolute atomic E-state index is 13.2. The molecule has 0 unspecified atom stereocenters. The van der Waals surface area contributed by atoms with Gasteiger partial charge in [-0.1, -0.05) is 12.1 Å². The van der Waals surface area contributed by atoms with Crippen LogP contribution in [0.2, 0.25) is 0 Å². The number of carbonyl (C=O) groups is 1. The number of benzene rings is 2. The molecule has 132 valence electrons. The van der Waals surface area contributed by atoms with E-state index in [4.69, 9.17) is 4.74 Å². The van der Waals surface area contributed by atoms with Crippen molar-refractivity contribution < 1.29 is 27.1 Å². The highest BCUT2D eigenvalue weighted by Gasteiger charge is 2.30. The largest absolute Gasteiger partial charge is 0.489 e. The molecule has 7 heteroatoms. The number of fused-ring (bicyclic) bond motifs is 1. The maximum Gasteiger partial charge on any atom is 0.416 e. The van der Waals surface area contributed by atoms with Gasteiger partial charge >= 0.3 is 6.18 Å². The number of hydrogen-bond acceptors (Lipinski definition) is 2. The Hall–Kier alpha value is -2.57. The van der Waals surface area contributed by atoms with Crippen LogP contribution >= 0.6 is 0 Å². The number of halogens is 4. The summed E-state index contributed by atoms with van der Waals surface area (Å²) in [6.45, 7) is 0.618. The average molecular weight is 353 g/mol. The molecule has 2 aromatic carbocycles. The molecule has 3 rings (SSSR count). The third-order valence-corrected chi connectivity index (χ3v) is 3.99. The third kappa shape index (κ3) is 3.92. The summed E-state index contributed by atoms with van der Waals surface area (Å²) in [5.41, 5.74) is 0.436. The van der Waals surface area contributed by atoms with Crippen LogP contribution in [-0.4, -0.2) is 19.1 Å². The molecule has 0 spiro atoms. The third-order valence-electron chi connectivity index (χ3n) is 3.99. The van der Waals surface area contributed by atoms with Crippen molar-refractivity contribution in [2.45, 2.75) is 19.0 Å². The van der Waals surface area contributed by atoms with Crippen molar-refractivity contribution in [2.75, 3.05) is 18.1 Å². The molecule has 3 nitrogen and oxygen atoms in total. The molecule has 0 saturated heterocycles. The first-order valence-corrected chi connectivity index (χ1v) is 7.73. The van der Waals surface area contributed by atoms with E-state index < -0.39 is 17.6 Å². The molecule has 0 fully saturated rings. The summed E-state index contributed by atoms with van der Waals surface area (Å²) in [5.74, 6) is -0.317. The number of rotatable bonds is 3. The maximum atomic E-state index is 13.2. The quantitative estimate of drug-likeness (QED) is 0.774. The number of alkyl halides is 3. The van der Waals surface area contributed by atoms with Gasteiger partial charge in [0.2, 0.25) is 5.91 Å². The minimum absolute atomic E-state index is 0.141. The van der Waals surface area contributed by atoms with Crippen LogP contribution in [0.3, 0.4) is 0 Å². The van der Waals surface area contributed by atoms with E-state index in [1.807, 2.05) is 0 Å². The van der Waals surface area contributed by atoms with Crippen LogP contribution in [0.15, 0.2) is 42.5 Å². The fourth-order valence-electron chi connectivity index (χ4n) is 2.70. The summed E-state index contributed by atoms with van der Waals surface area (Å²) in [4.78, 5) is 14.0. The van der Waals surface area contributed by atoms with E-state index >= 15 is 0 Å². The zero-order valence-corrected chi connectivity index (χ0v) is 13.1. The number of nitrogens with zero attached hydrogens (tertiary/aromatic N) is 1. The lowest BCUT2D eigenvalue weighted by atomic mass is 10.1. The van der Waals surface area contributed by atoms with E-state index in [0.717, 1.165) is 12.1 Å².